The van der Waals surface area contributed by atoms with E-state index < -0.39 is 17.7 Å². The molecule has 6 rings (SSSR count). The highest BCUT2D eigenvalue weighted by Gasteiger charge is 2.39. The van der Waals surface area contributed by atoms with Crippen molar-refractivity contribution in [2.45, 2.75) is 115 Å². The Labute approximate surface area is 347 Å². The average molecular weight is 808 g/mol. The Morgan fingerprint density at radius 3 is 2.14 bits per heavy atom. The van der Waals surface area contributed by atoms with E-state index in [1.54, 1.807) is 24.3 Å². The van der Waals surface area contributed by atoms with Gasteiger partial charge in [-0.15, -0.1) is 5.10 Å². The summed E-state index contributed by atoms with van der Waals surface area (Å²) in [6, 6.07) is 21.1. The Kier molecular flexibility index (Phi) is 13.9. The molecular weight excluding hydrogens is 747 g/mol. The molecule has 59 heavy (non-hydrogen) atoms. The van der Waals surface area contributed by atoms with Crippen LogP contribution in [0.5, 0.6) is 0 Å². The van der Waals surface area contributed by atoms with Crippen LogP contribution < -0.4 is 38.4 Å². The molecule has 3 aliphatic rings. The first kappa shape index (κ1) is 43.1. The van der Waals surface area contributed by atoms with Gasteiger partial charge < -0.3 is 36.6 Å². The number of carbonyl (C=O) groups is 4. The Morgan fingerprint density at radius 2 is 1.53 bits per heavy atom. The van der Waals surface area contributed by atoms with Crippen LogP contribution in [0.4, 0.5) is 10.5 Å². The van der Waals surface area contributed by atoms with Crippen molar-refractivity contribution >= 4 is 35.3 Å². The first-order valence-corrected chi connectivity index (χ1v) is 20.9. The topological polar surface area (TPSA) is 205 Å². The highest BCUT2D eigenvalue weighted by molar-refractivity contribution is 6.00. The van der Waals surface area contributed by atoms with E-state index in [2.05, 4.69) is 43.9 Å². The van der Waals surface area contributed by atoms with Crippen LogP contribution in [0.3, 0.4) is 0 Å². The molecule has 3 atom stereocenters. The van der Waals surface area contributed by atoms with E-state index in [-0.39, 0.29) is 47.9 Å². The first-order chi connectivity index (χ1) is 28.1. The van der Waals surface area contributed by atoms with Crippen molar-refractivity contribution in [1.82, 2.24) is 26.4 Å². The van der Waals surface area contributed by atoms with Crippen LogP contribution in [0.2, 0.25) is 0 Å². The Balaban J connectivity index is 1.09. The first-order valence-electron chi connectivity index (χ1n) is 20.9. The number of nitrogens with one attached hydrogen (secondary N) is 5. The fraction of sp³-hybridized carbons (Fsp3) is 0.489. The zero-order valence-corrected chi connectivity index (χ0v) is 35.0. The fourth-order valence-electron chi connectivity index (χ4n) is 8.74. The molecule has 2 bridgehead atoms. The van der Waals surface area contributed by atoms with Crippen LogP contribution in [0.1, 0.15) is 99.2 Å². The number of hydrogen-bond acceptors (Lipinski definition) is 9. The van der Waals surface area contributed by atoms with Crippen molar-refractivity contribution in [3.63, 3.8) is 0 Å². The smallest absolute Gasteiger partial charge is 0.407 e. The van der Waals surface area contributed by atoms with Gasteiger partial charge in [0.25, 0.3) is 5.91 Å². The predicted molar refractivity (Wildman–Crippen MR) is 230 cm³/mol. The minimum atomic E-state index is -0.855. The summed E-state index contributed by atoms with van der Waals surface area (Å²) in [6.45, 7) is 7.98. The van der Waals surface area contributed by atoms with Gasteiger partial charge in [-0.05, 0) is 151 Å². The number of amidine groups is 1. The highest BCUT2D eigenvalue weighted by Crippen LogP contribution is 2.35. The molecule has 1 aliphatic carbocycles. The zero-order valence-electron chi connectivity index (χ0n) is 35.0. The second-order valence-corrected chi connectivity index (χ2v) is 17.5. The second-order valence-electron chi connectivity index (χ2n) is 17.5. The van der Waals surface area contributed by atoms with Crippen LogP contribution in [-0.4, -0.2) is 77.9 Å². The molecule has 4 amide bonds. The summed E-state index contributed by atoms with van der Waals surface area (Å²) in [5.74, 6) is 4.88. The van der Waals surface area contributed by atoms with E-state index in [4.69, 9.17) is 16.3 Å². The van der Waals surface area contributed by atoms with Crippen LogP contribution in [0, 0.1) is 18.8 Å². The zero-order chi connectivity index (χ0) is 42.3. The monoisotopic (exact) mass is 807 g/mol. The third kappa shape index (κ3) is 11.6. The molecule has 316 valence electrons. The summed E-state index contributed by atoms with van der Waals surface area (Å²) < 4.78 is 5.36. The van der Waals surface area contributed by atoms with E-state index in [0.29, 0.717) is 48.3 Å². The van der Waals surface area contributed by atoms with Crippen LogP contribution in [-0.2, 0) is 20.7 Å². The summed E-state index contributed by atoms with van der Waals surface area (Å²) in [5, 5.41) is 15.9. The lowest BCUT2D eigenvalue weighted by Crippen LogP contribution is -2.48. The average Bonchev–Trinajstić information content (AvgIpc) is 3.39. The molecule has 3 aromatic carbocycles. The number of alkyl carbamates (subject to hydrolysis) is 1. The predicted octanol–water partition coefficient (Wildman–Crippen LogP) is 5.10. The van der Waals surface area contributed by atoms with Gasteiger partial charge in [0.15, 0.2) is 5.84 Å². The summed E-state index contributed by atoms with van der Waals surface area (Å²) in [5.41, 5.74) is 13.2. The molecular formula is C45H61N9O5. The third-order valence-corrected chi connectivity index (χ3v) is 12.0. The molecule has 1 saturated carbocycles. The lowest BCUT2D eigenvalue weighted by molar-refractivity contribution is -0.130. The standard InChI is InChI=1S/C45H61N9O5/c1-27-22-33(42(56)50-35-24-36-19-20-37(25-35)54(36)5)16-21-38(27)30-10-6-28(7-11-30)23-39(43(57)49-34-17-14-31(15-18-34)40(46)52-53-47)51-41(55)32-12-8-29(9-13-32)26-48-44(58)59-45(2,3)4/h6-7,10-11,14-18,21-22,29,32,35-37,39,53H,8-9,12-13,19-20,23-26,47H2,1-5H3,(H2,46,52)(H,48,58)(H,49,57)(H,50,56)(H,51,55)/t29?,32?,35?,36?,37?,39-/m0/s1. The van der Waals surface area contributed by atoms with Gasteiger partial charge in [0.2, 0.25) is 11.8 Å². The Morgan fingerprint density at radius 1 is 0.881 bits per heavy atom. The van der Waals surface area contributed by atoms with Gasteiger partial charge in [0.1, 0.15) is 11.6 Å². The normalized spacial score (nSPS) is 22.5. The van der Waals surface area contributed by atoms with Gasteiger partial charge in [-0.2, -0.15) is 0 Å². The minimum absolute atomic E-state index is 0.0311. The number of anilines is 1. The maximum atomic E-state index is 13.9. The molecule has 0 aromatic heterocycles. The summed E-state index contributed by atoms with van der Waals surface area (Å²) >= 11 is 0. The Bertz CT molecular complexity index is 1970. The lowest BCUT2D eigenvalue weighted by Gasteiger charge is -2.36. The van der Waals surface area contributed by atoms with Gasteiger partial charge in [0, 0.05) is 53.8 Å². The van der Waals surface area contributed by atoms with E-state index in [0.717, 1.165) is 47.9 Å². The molecule has 2 unspecified atom stereocenters. The van der Waals surface area contributed by atoms with Crippen molar-refractivity contribution < 1.29 is 23.9 Å². The quantitative estimate of drug-likeness (QED) is 0.0531. The number of nitrogens with zero attached hydrogens (tertiary/aromatic N) is 2. The number of carbonyl (C=O) groups excluding carboxylic acids is 4. The maximum Gasteiger partial charge on any atom is 0.407 e. The maximum absolute atomic E-state index is 13.9. The van der Waals surface area contributed by atoms with Crippen molar-refractivity contribution in [2.24, 2.45) is 28.5 Å². The van der Waals surface area contributed by atoms with Gasteiger partial charge >= 0.3 is 6.09 Å². The van der Waals surface area contributed by atoms with Crippen LogP contribution >= 0.6 is 0 Å². The number of ether oxygens (including phenoxy) is 1. The molecule has 14 heteroatoms. The third-order valence-electron chi connectivity index (χ3n) is 12.0. The number of aryl methyl sites for hydroxylation is 1. The molecule has 2 saturated heterocycles. The molecule has 9 N–H and O–H groups in total. The summed E-state index contributed by atoms with van der Waals surface area (Å²) in [4.78, 5) is 55.5. The number of hydrazine groups is 1. The molecule has 3 aromatic rings. The lowest BCUT2D eigenvalue weighted by atomic mass is 9.81. The largest absolute Gasteiger partial charge is 0.444 e. The van der Waals surface area contributed by atoms with E-state index >= 15 is 0 Å². The van der Waals surface area contributed by atoms with E-state index in [1.165, 1.54) is 12.8 Å². The van der Waals surface area contributed by atoms with Crippen LogP contribution in [0.25, 0.3) is 11.1 Å². The van der Waals surface area contributed by atoms with Gasteiger partial charge in [0.05, 0.1) is 0 Å². The number of hydrogen-bond donors (Lipinski definition) is 7. The number of amides is 4. The fourth-order valence-corrected chi connectivity index (χ4v) is 8.74. The number of nitrogens with two attached hydrogens (primary N) is 2. The second kappa shape index (κ2) is 19.1. The minimum Gasteiger partial charge on any atom is -0.444 e. The number of rotatable bonds is 13. The number of piperidine rings is 1. The van der Waals surface area contributed by atoms with E-state index in [1.807, 2.05) is 70.2 Å². The van der Waals surface area contributed by atoms with Crippen LogP contribution in [0.15, 0.2) is 71.8 Å². The number of hydrazone groups is 1. The molecule has 2 heterocycles. The molecule has 0 spiro atoms. The molecule has 3 fully saturated rings. The Hall–Kier alpha value is -5.47. The molecule has 14 nitrogen and oxygen atoms in total. The molecule has 0 radical (unpaired) electrons. The number of benzene rings is 3. The summed E-state index contributed by atoms with van der Waals surface area (Å²) in [6.07, 6.45) is 7.08. The van der Waals surface area contributed by atoms with Crippen molar-refractivity contribution in [2.75, 3.05) is 18.9 Å². The number of fused-ring (bicyclic) bond motifs is 2. The van der Waals surface area contributed by atoms with Crippen molar-refractivity contribution in [3.8, 4) is 11.1 Å². The highest BCUT2D eigenvalue weighted by atomic mass is 16.6. The molecule has 2 aliphatic heterocycles. The van der Waals surface area contributed by atoms with Gasteiger partial charge in [-0.25, -0.2) is 16.2 Å². The van der Waals surface area contributed by atoms with Crippen molar-refractivity contribution in [3.05, 3.63) is 89.0 Å². The van der Waals surface area contributed by atoms with E-state index in [9.17, 15) is 19.2 Å². The van der Waals surface area contributed by atoms with Gasteiger partial charge in [-0.3, -0.25) is 14.4 Å². The van der Waals surface area contributed by atoms with Crippen molar-refractivity contribution in [1.29, 1.82) is 0 Å². The SMILES string of the molecule is Cc1cc(C(=O)NC2CC3CCC(C2)N3C)ccc1-c1ccc(C[C@H](NC(=O)C2CCC(CNC(=O)OC(C)(C)C)CC2)C(=O)Nc2ccc(/C(N)=N/NN)cc2)cc1. The summed E-state index contributed by atoms with van der Waals surface area (Å²) in [7, 11) is 2.20. The van der Waals surface area contributed by atoms with Gasteiger partial charge in [-0.1, -0.05) is 30.3 Å².